The zero-order chi connectivity index (χ0) is 23.3. The van der Waals surface area contributed by atoms with E-state index in [0.29, 0.717) is 27.6 Å². The third-order valence-electron chi connectivity index (χ3n) is 4.82. The van der Waals surface area contributed by atoms with Crippen molar-refractivity contribution >= 4 is 35.0 Å². The van der Waals surface area contributed by atoms with Crippen molar-refractivity contribution in [3.63, 3.8) is 0 Å². The van der Waals surface area contributed by atoms with Crippen molar-refractivity contribution in [3.8, 4) is 16.9 Å². The third-order valence-corrected chi connectivity index (χ3v) is 5.15. The predicted octanol–water partition coefficient (Wildman–Crippen LogP) is 5.39. The summed E-state index contributed by atoms with van der Waals surface area (Å²) in [4.78, 5) is 32.9. The minimum absolute atomic E-state index is 0.00759. The van der Waals surface area contributed by atoms with Crippen molar-refractivity contribution in [3.05, 3.63) is 82.3 Å². The molecule has 1 N–H and O–H groups in total. The molecule has 0 aliphatic rings. The molecule has 1 amide bonds. The number of benzene rings is 2. The Hall–Kier alpha value is -3.89. The summed E-state index contributed by atoms with van der Waals surface area (Å²) in [5.74, 6) is -0.558. The highest BCUT2D eigenvalue weighted by molar-refractivity contribution is 6.33. The second-order valence-electron chi connectivity index (χ2n) is 6.99. The van der Waals surface area contributed by atoms with Crippen molar-refractivity contribution in [2.24, 2.45) is 0 Å². The second kappa shape index (κ2) is 9.94. The average molecular weight is 450 g/mol. The molecule has 162 valence electrons. The van der Waals surface area contributed by atoms with Crippen LogP contribution in [0.4, 0.5) is 11.5 Å². The Morgan fingerprint density at radius 1 is 1.19 bits per heavy atom. The van der Waals surface area contributed by atoms with E-state index in [0.717, 1.165) is 11.1 Å². The van der Waals surface area contributed by atoms with Crippen molar-refractivity contribution in [2.75, 3.05) is 18.6 Å². The number of para-hydroxylation sites is 2. The van der Waals surface area contributed by atoms with Gasteiger partial charge in [-0.3, -0.25) is 9.59 Å². The topological polar surface area (TPSA) is 84.1 Å². The number of aromatic nitrogens is 1. The highest BCUT2D eigenvalue weighted by Gasteiger charge is 2.19. The molecular formula is C24H20ClN3O4. The SMILES string of the molecule is [C-]#[N+]c1cc(C)c(-c2cc(C(=O)N(C)c3ccccc3OCCC(=O)O)ccc2Cl)cn1. The van der Waals surface area contributed by atoms with E-state index in [1.165, 1.54) is 4.90 Å². The van der Waals surface area contributed by atoms with Crippen LogP contribution in [-0.2, 0) is 4.79 Å². The summed E-state index contributed by atoms with van der Waals surface area (Å²) in [6.45, 7) is 8.95. The molecule has 2 aromatic carbocycles. The monoisotopic (exact) mass is 449 g/mol. The Kier molecular flexibility index (Phi) is 7.08. The van der Waals surface area contributed by atoms with Crippen molar-refractivity contribution in [1.29, 1.82) is 0 Å². The van der Waals surface area contributed by atoms with Crippen molar-refractivity contribution < 1.29 is 19.4 Å². The van der Waals surface area contributed by atoms with Crippen molar-refractivity contribution in [1.82, 2.24) is 4.98 Å². The zero-order valence-corrected chi connectivity index (χ0v) is 18.3. The molecule has 0 fully saturated rings. The fraction of sp³-hybridized carbons (Fsp3) is 0.167. The van der Waals surface area contributed by atoms with Gasteiger partial charge >= 0.3 is 5.97 Å². The number of aliphatic carboxylic acids is 1. The lowest BCUT2D eigenvalue weighted by Gasteiger charge is -2.21. The Morgan fingerprint density at radius 2 is 1.94 bits per heavy atom. The fourth-order valence-electron chi connectivity index (χ4n) is 3.16. The number of carbonyl (C=O) groups excluding carboxylic acids is 1. The first kappa shape index (κ1) is 22.8. The van der Waals surface area contributed by atoms with Crippen LogP contribution in [-0.4, -0.2) is 35.6 Å². The summed E-state index contributed by atoms with van der Waals surface area (Å²) < 4.78 is 5.58. The number of aryl methyl sites for hydroxylation is 1. The molecule has 0 saturated carbocycles. The zero-order valence-electron chi connectivity index (χ0n) is 17.5. The summed E-state index contributed by atoms with van der Waals surface area (Å²) in [5, 5.41) is 9.28. The Bertz CT molecular complexity index is 1220. The van der Waals surface area contributed by atoms with Gasteiger partial charge in [0.25, 0.3) is 11.7 Å². The van der Waals surface area contributed by atoms with Crippen LogP contribution in [0.15, 0.2) is 54.7 Å². The molecule has 0 aliphatic carbocycles. The van der Waals surface area contributed by atoms with Gasteiger partial charge in [-0.1, -0.05) is 30.3 Å². The van der Waals surface area contributed by atoms with E-state index >= 15 is 0 Å². The first-order valence-electron chi connectivity index (χ1n) is 9.67. The van der Waals surface area contributed by atoms with Gasteiger partial charge in [-0.2, -0.15) is 0 Å². The van der Waals surface area contributed by atoms with E-state index in [1.807, 2.05) is 6.92 Å². The summed E-state index contributed by atoms with van der Waals surface area (Å²) in [5.41, 5.74) is 3.11. The van der Waals surface area contributed by atoms with E-state index in [2.05, 4.69) is 9.83 Å². The van der Waals surface area contributed by atoms with Crippen LogP contribution in [0.5, 0.6) is 5.75 Å². The molecule has 0 aliphatic heterocycles. The number of carboxylic acid groups (broad SMARTS) is 1. The molecule has 1 aromatic heterocycles. The second-order valence-corrected chi connectivity index (χ2v) is 7.40. The molecule has 0 saturated heterocycles. The maximum atomic E-state index is 13.2. The van der Waals surface area contributed by atoms with Gasteiger partial charge in [0, 0.05) is 28.8 Å². The van der Waals surface area contributed by atoms with E-state index in [4.69, 9.17) is 28.0 Å². The number of carboxylic acids is 1. The standard InChI is InChI=1S/C24H20ClN3O4/c1-15-12-22(26-2)27-14-18(15)17-13-16(8-9-19(17)25)24(31)28(3)20-6-4-5-7-21(20)32-11-10-23(29)30/h4-9,12-14H,10-11H2,1,3H3,(H,29,30). The van der Waals surface area contributed by atoms with E-state index < -0.39 is 5.97 Å². The number of hydrogen-bond acceptors (Lipinski definition) is 4. The molecule has 1 heterocycles. The van der Waals surface area contributed by atoms with Crippen molar-refractivity contribution in [2.45, 2.75) is 13.3 Å². The largest absolute Gasteiger partial charge is 0.491 e. The minimum Gasteiger partial charge on any atom is -0.491 e. The van der Waals surface area contributed by atoms with Crippen LogP contribution >= 0.6 is 11.6 Å². The molecular weight excluding hydrogens is 430 g/mol. The molecule has 8 heteroatoms. The van der Waals surface area contributed by atoms with E-state index in [-0.39, 0.29) is 24.8 Å². The molecule has 0 unspecified atom stereocenters. The molecule has 7 nitrogen and oxygen atoms in total. The number of hydrogen-bond donors (Lipinski definition) is 1. The lowest BCUT2D eigenvalue weighted by atomic mass is 10.00. The van der Waals surface area contributed by atoms with Crippen LogP contribution in [0.2, 0.25) is 5.02 Å². The van der Waals surface area contributed by atoms with Crippen LogP contribution in [0.1, 0.15) is 22.3 Å². The van der Waals surface area contributed by atoms with Gasteiger partial charge in [-0.15, -0.1) is 4.98 Å². The number of pyridine rings is 1. The lowest BCUT2D eigenvalue weighted by molar-refractivity contribution is -0.137. The first-order valence-corrected chi connectivity index (χ1v) is 10.1. The summed E-state index contributed by atoms with van der Waals surface area (Å²) >= 11 is 6.40. The number of carbonyl (C=O) groups is 2. The van der Waals surface area contributed by atoms with Crippen LogP contribution in [0, 0.1) is 13.5 Å². The number of ether oxygens (including phenoxy) is 1. The fourth-order valence-corrected chi connectivity index (χ4v) is 3.38. The predicted molar refractivity (Wildman–Crippen MR) is 123 cm³/mol. The summed E-state index contributed by atoms with van der Waals surface area (Å²) in [6.07, 6.45) is 1.43. The van der Waals surface area contributed by atoms with Gasteiger partial charge in [-0.05, 0) is 48.9 Å². The van der Waals surface area contributed by atoms with E-state index in [9.17, 15) is 9.59 Å². The van der Waals surface area contributed by atoms with Gasteiger partial charge in [0.1, 0.15) is 11.9 Å². The normalized spacial score (nSPS) is 10.3. The Morgan fingerprint density at radius 3 is 2.62 bits per heavy atom. The molecule has 0 atom stereocenters. The number of nitrogens with zero attached hydrogens (tertiary/aromatic N) is 3. The highest BCUT2D eigenvalue weighted by Crippen LogP contribution is 2.33. The van der Waals surface area contributed by atoms with Crippen LogP contribution in [0.25, 0.3) is 16.0 Å². The highest BCUT2D eigenvalue weighted by atomic mass is 35.5. The molecule has 3 rings (SSSR count). The van der Waals surface area contributed by atoms with Gasteiger partial charge < -0.3 is 19.6 Å². The van der Waals surface area contributed by atoms with Gasteiger partial charge in [0.2, 0.25) is 0 Å². The molecule has 0 radical (unpaired) electrons. The number of anilines is 1. The molecule has 0 bridgehead atoms. The summed E-state index contributed by atoms with van der Waals surface area (Å²) in [6, 6.07) is 13.6. The maximum absolute atomic E-state index is 13.2. The quantitative estimate of drug-likeness (QED) is 0.489. The van der Waals surface area contributed by atoms with Gasteiger partial charge in [-0.25, -0.2) is 0 Å². The first-order chi connectivity index (χ1) is 15.3. The smallest absolute Gasteiger partial charge is 0.306 e. The molecule has 3 aromatic rings. The number of amides is 1. The minimum atomic E-state index is -0.963. The lowest BCUT2D eigenvalue weighted by Crippen LogP contribution is -2.27. The Labute approximate surface area is 190 Å². The van der Waals surface area contributed by atoms with Gasteiger partial charge in [0.05, 0.1) is 18.7 Å². The molecule has 0 spiro atoms. The Balaban J connectivity index is 1.92. The number of rotatable bonds is 7. The number of halogens is 1. The van der Waals surface area contributed by atoms with Gasteiger partial charge in [0.15, 0.2) is 0 Å². The molecule has 32 heavy (non-hydrogen) atoms. The van der Waals surface area contributed by atoms with Crippen LogP contribution < -0.4 is 9.64 Å². The third kappa shape index (κ3) is 5.05. The van der Waals surface area contributed by atoms with E-state index in [1.54, 1.807) is 61.8 Å². The summed E-state index contributed by atoms with van der Waals surface area (Å²) in [7, 11) is 1.62. The van der Waals surface area contributed by atoms with Crippen LogP contribution in [0.3, 0.4) is 0 Å². The average Bonchev–Trinajstić information content (AvgIpc) is 2.78. The maximum Gasteiger partial charge on any atom is 0.306 e.